The van der Waals surface area contributed by atoms with Crippen LogP contribution in [0.4, 0.5) is 5.69 Å². The Bertz CT molecular complexity index is 393. The molecule has 3 heteroatoms. The molecule has 0 spiro atoms. The number of hydrogen-bond donors (Lipinski definition) is 1. The molecule has 0 aromatic heterocycles. The van der Waals surface area contributed by atoms with E-state index >= 15 is 0 Å². The molecular weight excluding hydrogens is 220 g/mol. The van der Waals surface area contributed by atoms with Crippen LogP contribution in [0.25, 0.3) is 0 Å². The van der Waals surface area contributed by atoms with Crippen molar-refractivity contribution in [3.63, 3.8) is 0 Å². The predicted octanol–water partition coefficient (Wildman–Crippen LogP) is 4.06. The molecule has 1 atom stereocenters. The van der Waals surface area contributed by atoms with E-state index in [2.05, 4.69) is 32.2 Å². The molecule has 0 radical (unpaired) electrons. The van der Waals surface area contributed by atoms with Gasteiger partial charge in [-0.15, -0.1) is 0 Å². The minimum absolute atomic E-state index is 0.434. The second-order valence-electron chi connectivity index (χ2n) is 4.21. The van der Waals surface area contributed by atoms with Crippen LogP contribution in [-0.4, -0.2) is 6.04 Å². The van der Waals surface area contributed by atoms with Crippen LogP contribution in [0.5, 0.6) is 0 Å². The molecule has 1 rings (SSSR count). The van der Waals surface area contributed by atoms with Crippen LogP contribution < -0.4 is 5.32 Å². The van der Waals surface area contributed by atoms with Crippen LogP contribution in [0.1, 0.15) is 32.8 Å². The van der Waals surface area contributed by atoms with E-state index in [4.69, 9.17) is 16.9 Å². The molecule has 0 saturated carbocycles. The number of nitrogens with one attached hydrogen (secondary N) is 1. The Morgan fingerprint density at radius 3 is 2.56 bits per heavy atom. The second-order valence-corrected chi connectivity index (χ2v) is 4.62. The number of hydrogen-bond acceptors (Lipinski definition) is 2. The van der Waals surface area contributed by atoms with E-state index in [0.717, 1.165) is 12.1 Å². The summed E-state index contributed by atoms with van der Waals surface area (Å²) in [7, 11) is 0. The number of nitriles is 1. The van der Waals surface area contributed by atoms with Gasteiger partial charge in [0.05, 0.1) is 10.6 Å². The fourth-order valence-corrected chi connectivity index (χ4v) is 1.87. The molecule has 1 N–H and O–H groups in total. The number of anilines is 1. The van der Waals surface area contributed by atoms with Gasteiger partial charge in [0, 0.05) is 11.7 Å². The van der Waals surface area contributed by atoms with Gasteiger partial charge in [0.1, 0.15) is 6.07 Å². The zero-order chi connectivity index (χ0) is 12.1. The van der Waals surface area contributed by atoms with E-state index in [1.54, 1.807) is 6.07 Å². The monoisotopic (exact) mass is 236 g/mol. The third-order valence-corrected chi connectivity index (χ3v) is 3.00. The van der Waals surface area contributed by atoms with Crippen molar-refractivity contribution >= 4 is 17.3 Å². The van der Waals surface area contributed by atoms with Gasteiger partial charge < -0.3 is 5.32 Å². The first-order valence-electron chi connectivity index (χ1n) is 5.54. The summed E-state index contributed by atoms with van der Waals surface area (Å²) in [6.45, 7) is 6.53. The average Bonchev–Trinajstić information content (AvgIpc) is 2.25. The molecule has 86 valence electrons. The summed E-state index contributed by atoms with van der Waals surface area (Å²) in [5.41, 5.74) is 1.49. The first-order valence-corrected chi connectivity index (χ1v) is 5.92. The van der Waals surface area contributed by atoms with Crippen LogP contribution in [-0.2, 0) is 0 Å². The van der Waals surface area contributed by atoms with Crippen molar-refractivity contribution in [1.82, 2.24) is 0 Å². The van der Waals surface area contributed by atoms with Crippen LogP contribution in [0, 0.1) is 17.2 Å². The third kappa shape index (κ3) is 3.15. The summed E-state index contributed by atoms with van der Waals surface area (Å²) in [5.74, 6) is 0.569. The largest absolute Gasteiger partial charge is 0.382 e. The Kier molecular flexibility index (Phi) is 4.64. The van der Waals surface area contributed by atoms with E-state index in [1.807, 2.05) is 12.1 Å². The first-order chi connectivity index (χ1) is 7.58. The molecule has 0 saturated heterocycles. The maximum absolute atomic E-state index is 8.77. The van der Waals surface area contributed by atoms with E-state index in [9.17, 15) is 0 Å². The second kappa shape index (κ2) is 5.77. The van der Waals surface area contributed by atoms with Crippen molar-refractivity contribution in [3.8, 4) is 6.07 Å². The normalized spacial score (nSPS) is 12.2. The standard InChI is InChI=1S/C13H17ClN2/c1-4-13(9(2)3)16-11-6-5-10(8-15)12(14)7-11/h5-7,9,13,16H,4H2,1-3H3. The van der Waals surface area contributed by atoms with Crippen molar-refractivity contribution in [2.24, 2.45) is 5.92 Å². The third-order valence-electron chi connectivity index (χ3n) is 2.69. The minimum Gasteiger partial charge on any atom is -0.382 e. The highest BCUT2D eigenvalue weighted by Gasteiger charge is 2.11. The zero-order valence-electron chi connectivity index (χ0n) is 9.92. The van der Waals surface area contributed by atoms with Crippen LogP contribution in [0.3, 0.4) is 0 Å². The molecule has 0 fully saturated rings. The quantitative estimate of drug-likeness (QED) is 0.856. The van der Waals surface area contributed by atoms with Gasteiger partial charge in [0.2, 0.25) is 0 Å². The smallest absolute Gasteiger partial charge is 0.101 e. The maximum atomic E-state index is 8.77. The number of benzene rings is 1. The Morgan fingerprint density at radius 1 is 1.44 bits per heavy atom. The molecule has 0 heterocycles. The average molecular weight is 237 g/mol. The van der Waals surface area contributed by atoms with Gasteiger partial charge in [-0.2, -0.15) is 5.26 Å². The molecule has 1 aromatic carbocycles. The molecule has 1 unspecified atom stereocenters. The Morgan fingerprint density at radius 2 is 2.12 bits per heavy atom. The number of rotatable bonds is 4. The molecule has 0 aliphatic heterocycles. The van der Waals surface area contributed by atoms with E-state index < -0.39 is 0 Å². The summed E-state index contributed by atoms with van der Waals surface area (Å²) < 4.78 is 0. The molecule has 0 amide bonds. The van der Waals surface area contributed by atoms with Crippen LogP contribution in [0.15, 0.2) is 18.2 Å². The Balaban J connectivity index is 2.83. The number of nitrogens with zero attached hydrogens (tertiary/aromatic N) is 1. The fourth-order valence-electron chi connectivity index (χ4n) is 1.65. The predicted molar refractivity (Wildman–Crippen MR) is 68.7 cm³/mol. The van der Waals surface area contributed by atoms with Crippen molar-refractivity contribution < 1.29 is 0 Å². The lowest BCUT2D eigenvalue weighted by Crippen LogP contribution is -2.24. The van der Waals surface area contributed by atoms with Gasteiger partial charge in [-0.05, 0) is 30.5 Å². The van der Waals surface area contributed by atoms with Gasteiger partial charge in [0.25, 0.3) is 0 Å². The van der Waals surface area contributed by atoms with Crippen LogP contribution >= 0.6 is 11.6 Å². The fraction of sp³-hybridized carbons (Fsp3) is 0.462. The lowest BCUT2D eigenvalue weighted by atomic mass is 10.0. The summed E-state index contributed by atoms with van der Waals surface area (Å²) >= 11 is 5.97. The topological polar surface area (TPSA) is 35.8 Å². The highest BCUT2D eigenvalue weighted by Crippen LogP contribution is 2.22. The van der Waals surface area contributed by atoms with E-state index in [-0.39, 0.29) is 0 Å². The minimum atomic E-state index is 0.434. The lowest BCUT2D eigenvalue weighted by Gasteiger charge is -2.22. The Hall–Kier alpha value is -1.20. The van der Waals surface area contributed by atoms with Crippen molar-refractivity contribution in [1.29, 1.82) is 5.26 Å². The summed E-state index contributed by atoms with van der Waals surface area (Å²) in [4.78, 5) is 0. The molecule has 0 aliphatic rings. The summed E-state index contributed by atoms with van der Waals surface area (Å²) in [6.07, 6.45) is 1.06. The SMILES string of the molecule is CCC(Nc1ccc(C#N)c(Cl)c1)C(C)C. The lowest BCUT2D eigenvalue weighted by molar-refractivity contribution is 0.511. The maximum Gasteiger partial charge on any atom is 0.101 e. The first kappa shape index (κ1) is 12.9. The molecule has 16 heavy (non-hydrogen) atoms. The van der Waals surface area contributed by atoms with E-state index in [0.29, 0.717) is 22.5 Å². The van der Waals surface area contributed by atoms with Crippen molar-refractivity contribution in [2.75, 3.05) is 5.32 Å². The molecule has 1 aromatic rings. The van der Waals surface area contributed by atoms with Gasteiger partial charge in [-0.1, -0.05) is 32.4 Å². The van der Waals surface area contributed by atoms with Crippen molar-refractivity contribution in [3.05, 3.63) is 28.8 Å². The van der Waals surface area contributed by atoms with Crippen molar-refractivity contribution in [2.45, 2.75) is 33.2 Å². The van der Waals surface area contributed by atoms with Gasteiger partial charge in [-0.3, -0.25) is 0 Å². The summed E-state index contributed by atoms with van der Waals surface area (Å²) in [6, 6.07) is 7.94. The Labute approximate surface area is 102 Å². The van der Waals surface area contributed by atoms with E-state index in [1.165, 1.54) is 0 Å². The molecular formula is C13H17ClN2. The van der Waals surface area contributed by atoms with Gasteiger partial charge in [-0.25, -0.2) is 0 Å². The number of halogens is 1. The highest BCUT2D eigenvalue weighted by atomic mass is 35.5. The molecule has 0 aliphatic carbocycles. The molecule has 2 nitrogen and oxygen atoms in total. The van der Waals surface area contributed by atoms with Gasteiger partial charge in [0.15, 0.2) is 0 Å². The summed E-state index contributed by atoms with van der Waals surface area (Å²) in [5, 5.41) is 12.7. The van der Waals surface area contributed by atoms with Gasteiger partial charge >= 0.3 is 0 Å². The molecule has 0 bridgehead atoms. The highest BCUT2D eigenvalue weighted by molar-refractivity contribution is 6.32. The zero-order valence-corrected chi connectivity index (χ0v) is 10.7. The van der Waals surface area contributed by atoms with Crippen LogP contribution in [0.2, 0.25) is 5.02 Å².